The van der Waals surface area contributed by atoms with E-state index in [4.69, 9.17) is 14.9 Å². The lowest BCUT2D eigenvalue weighted by Gasteiger charge is -2.37. The molecule has 0 radical (unpaired) electrons. The van der Waals surface area contributed by atoms with E-state index in [9.17, 15) is 9.59 Å². The fourth-order valence-corrected chi connectivity index (χ4v) is 3.49. The predicted octanol–water partition coefficient (Wildman–Crippen LogP) is 4.03. The van der Waals surface area contributed by atoms with Crippen molar-refractivity contribution in [3.63, 3.8) is 0 Å². The summed E-state index contributed by atoms with van der Waals surface area (Å²) in [7, 11) is 2.19. The molecule has 1 saturated heterocycles. The van der Waals surface area contributed by atoms with Crippen LogP contribution in [0.4, 0.5) is 0 Å². The number of ether oxygens (including phenoxy) is 1. The molecule has 6 nitrogen and oxygen atoms in total. The molecule has 1 fully saturated rings. The van der Waals surface area contributed by atoms with Gasteiger partial charge in [-0.3, -0.25) is 0 Å². The van der Waals surface area contributed by atoms with Gasteiger partial charge >= 0.3 is 11.9 Å². The molecule has 2 aromatic rings. The normalized spacial score (nSPS) is 19.2. The molecule has 1 aliphatic rings. The highest BCUT2D eigenvalue weighted by Crippen LogP contribution is 2.31. The van der Waals surface area contributed by atoms with Gasteiger partial charge in [0.2, 0.25) is 0 Å². The molecule has 0 aliphatic carbocycles. The van der Waals surface area contributed by atoms with Gasteiger partial charge in [0, 0.05) is 35.6 Å². The molecule has 154 valence electrons. The Balaban J connectivity index is 0.000000321. The lowest BCUT2D eigenvalue weighted by molar-refractivity contribution is -0.134. The number of hydrogen-bond acceptors (Lipinski definition) is 4. The molecule has 0 unspecified atom stereocenters. The Bertz CT molecular complexity index is 824. The second kappa shape index (κ2) is 11.4. The molecule has 3 rings (SSSR count). The molecule has 29 heavy (non-hydrogen) atoms. The number of carbonyl (C=O) groups is 2. The molecule has 1 heterocycles. The fraction of sp³-hybridized carbons (Fsp3) is 0.273. The average Bonchev–Trinajstić information content (AvgIpc) is 2.69. The Hall–Kier alpha value is -2.64. The lowest BCUT2D eigenvalue weighted by Crippen LogP contribution is -2.42. The number of benzene rings is 2. The van der Waals surface area contributed by atoms with Gasteiger partial charge in [-0.15, -0.1) is 0 Å². The van der Waals surface area contributed by atoms with E-state index < -0.39 is 11.9 Å². The Labute approximate surface area is 178 Å². The van der Waals surface area contributed by atoms with Crippen LogP contribution in [0, 0.1) is 0 Å². The number of carboxylic acid groups (broad SMARTS) is 2. The summed E-state index contributed by atoms with van der Waals surface area (Å²) < 4.78 is 7.35. The van der Waals surface area contributed by atoms with Crippen LogP contribution < -0.4 is 4.74 Å². The molecule has 0 aromatic heterocycles. The van der Waals surface area contributed by atoms with E-state index in [1.807, 2.05) is 24.3 Å². The lowest BCUT2D eigenvalue weighted by atomic mass is 9.88. The third-order valence-electron chi connectivity index (χ3n) is 4.43. The third kappa shape index (κ3) is 8.09. The van der Waals surface area contributed by atoms with Crippen molar-refractivity contribution in [1.82, 2.24) is 4.90 Å². The molecule has 0 bridgehead atoms. The number of carboxylic acids is 2. The average molecular weight is 462 g/mol. The SMILES string of the molecule is CN1CC[C@H](Oc2cccc(Br)c2)[C@@H](c2ccccc2)C1.O=C(O)/C=C/C(=O)O. The summed E-state index contributed by atoms with van der Waals surface area (Å²) in [6.45, 7) is 2.13. The first-order chi connectivity index (χ1) is 13.8. The summed E-state index contributed by atoms with van der Waals surface area (Å²) in [6.07, 6.45) is 2.41. The van der Waals surface area contributed by atoms with Gasteiger partial charge in [-0.25, -0.2) is 9.59 Å². The molecular formula is C22H24BrNO5. The van der Waals surface area contributed by atoms with Crippen LogP contribution in [0.1, 0.15) is 17.9 Å². The van der Waals surface area contributed by atoms with E-state index in [0.29, 0.717) is 18.1 Å². The van der Waals surface area contributed by atoms with Crippen LogP contribution in [0.15, 0.2) is 71.2 Å². The number of rotatable bonds is 5. The topological polar surface area (TPSA) is 87.1 Å². The Kier molecular flexibility index (Phi) is 8.89. The number of likely N-dealkylation sites (tertiary alicyclic amines) is 1. The maximum Gasteiger partial charge on any atom is 0.328 e. The van der Waals surface area contributed by atoms with Crippen molar-refractivity contribution < 1.29 is 24.5 Å². The first-order valence-corrected chi connectivity index (χ1v) is 9.94. The summed E-state index contributed by atoms with van der Waals surface area (Å²) in [4.78, 5) is 21.5. The van der Waals surface area contributed by atoms with Crippen molar-refractivity contribution in [3.8, 4) is 5.75 Å². The van der Waals surface area contributed by atoms with Crippen LogP contribution in [0.3, 0.4) is 0 Å². The van der Waals surface area contributed by atoms with Gasteiger partial charge in [-0.05, 0) is 37.2 Å². The molecular weight excluding hydrogens is 438 g/mol. The zero-order valence-electron chi connectivity index (χ0n) is 16.1. The molecule has 2 atom stereocenters. The van der Waals surface area contributed by atoms with E-state index in [2.05, 4.69) is 58.2 Å². The number of piperidine rings is 1. The summed E-state index contributed by atoms with van der Waals surface area (Å²) in [5.41, 5.74) is 1.36. The molecule has 0 amide bonds. The van der Waals surface area contributed by atoms with Gasteiger partial charge in [-0.2, -0.15) is 0 Å². The second-order valence-corrected chi connectivity index (χ2v) is 7.61. The number of nitrogens with zero attached hydrogens (tertiary/aromatic N) is 1. The fourth-order valence-electron chi connectivity index (χ4n) is 3.11. The van der Waals surface area contributed by atoms with Crippen LogP contribution in [0.2, 0.25) is 0 Å². The van der Waals surface area contributed by atoms with Gasteiger partial charge < -0.3 is 19.8 Å². The zero-order chi connectivity index (χ0) is 21.2. The minimum atomic E-state index is -1.26. The summed E-state index contributed by atoms with van der Waals surface area (Å²) in [5.74, 6) is -1.15. The van der Waals surface area contributed by atoms with E-state index in [-0.39, 0.29) is 6.10 Å². The third-order valence-corrected chi connectivity index (χ3v) is 4.93. The Morgan fingerprint density at radius 1 is 1.07 bits per heavy atom. The van der Waals surface area contributed by atoms with Crippen molar-refractivity contribution in [2.45, 2.75) is 18.4 Å². The van der Waals surface area contributed by atoms with Crippen LogP contribution >= 0.6 is 15.9 Å². The van der Waals surface area contributed by atoms with Gasteiger partial charge in [0.05, 0.1) is 0 Å². The van der Waals surface area contributed by atoms with E-state index >= 15 is 0 Å². The summed E-state index contributed by atoms with van der Waals surface area (Å²) >= 11 is 3.51. The van der Waals surface area contributed by atoms with Crippen LogP contribution in [-0.2, 0) is 9.59 Å². The number of likely N-dealkylation sites (N-methyl/N-ethyl adjacent to an activating group) is 1. The van der Waals surface area contributed by atoms with Crippen LogP contribution in [0.5, 0.6) is 5.75 Å². The minimum Gasteiger partial charge on any atom is -0.490 e. The second-order valence-electron chi connectivity index (χ2n) is 6.69. The first kappa shape index (κ1) is 22.6. The molecule has 7 heteroatoms. The van der Waals surface area contributed by atoms with Gasteiger partial charge in [0.1, 0.15) is 11.9 Å². The predicted molar refractivity (Wildman–Crippen MR) is 114 cm³/mol. The molecule has 1 aliphatic heterocycles. The van der Waals surface area contributed by atoms with Gasteiger partial charge in [0.25, 0.3) is 0 Å². The quantitative estimate of drug-likeness (QED) is 0.653. The Morgan fingerprint density at radius 2 is 1.72 bits per heavy atom. The highest BCUT2D eigenvalue weighted by atomic mass is 79.9. The smallest absolute Gasteiger partial charge is 0.328 e. The van der Waals surface area contributed by atoms with Crippen molar-refractivity contribution in [3.05, 3.63) is 76.8 Å². The summed E-state index contributed by atoms with van der Waals surface area (Å²) in [5, 5.41) is 15.6. The summed E-state index contributed by atoms with van der Waals surface area (Å²) in [6, 6.07) is 18.8. The number of halogens is 1. The standard InChI is InChI=1S/C18H20BrNO.C4H4O4/c1-20-11-10-18(21-16-9-5-8-15(19)12-16)17(13-20)14-6-3-2-4-7-14;5-3(6)1-2-4(7)8/h2-9,12,17-18H,10-11,13H2,1H3;1-2H,(H,5,6)(H,7,8)/b;2-1+/t17-,18+;/m1./s1. The van der Waals surface area contributed by atoms with Gasteiger partial charge in [-0.1, -0.05) is 52.3 Å². The first-order valence-electron chi connectivity index (χ1n) is 9.15. The van der Waals surface area contributed by atoms with E-state index in [0.717, 1.165) is 29.7 Å². The van der Waals surface area contributed by atoms with Crippen LogP contribution in [-0.4, -0.2) is 53.3 Å². The van der Waals surface area contributed by atoms with Gasteiger partial charge in [0.15, 0.2) is 0 Å². The molecule has 2 aromatic carbocycles. The zero-order valence-corrected chi connectivity index (χ0v) is 17.7. The number of aliphatic carboxylic acids is 2. The maximum atomic E-state index is 9.55. The highest BCUT2D eigenvalue weighted by Gasteiger charge is 2.30. The van der Waals surface area contributed by atoms with E-state index in [1.54, 1.807) is 0 Å². The molecule has 0 saturated carbocycles. The largest absolute Gasteiger partial charge is 0.490 e. The van der Waals surface area contributed by atoms with E-state index in [1.165, 1.54) is 5.56 Å². The number of hydrogen-bond donors (Lipinski definition) is 2. The maximum absolute atomic E-state index is 9.55. The van der Waals surface area contributed by atoms with Crippen molar-refractivity contribution >= 4 is 27.9 Å². The minimum absolute atomic E-state index is 0.234. The van der Waals surface area contributed by atoms with Crippen LogP contribution in [0.25, 0.3) is 0 Å². The highest BCUT2D eigenvalue weighted by molar-refractivity contribution is 9.10. The molecule has 2 N–H and O–H groups in total. The monoisotopic (exact) mass is 461 g/mol. The van der Waals surface area contributed by atoms with Crippen molar-refractivity contribution in [1.29, 1.82) is 0 Å². The van der Waals surface area contributed by atoms with Crippen molar-refractivity contribution in [2.24, 2.45) is 0 Å². The Morgan fingerprint density at radius 3 is 2.31 bits per heavy atom. The van der Waals surface area contributed by atoms with Crippen molar-refractivity contribution in [2.75, 3.05) is 20.1 Å². The molecule has 0 spiro atoms.